The van der Waals surface area contributed by atoms with Gasteiger partial charge in [-0.25, -0.2) is 4.79 Å². The average Bonchev–Trinajstić information content (AvgIpc) is 2.89. The van der Waals surface area contributed by atoms with Crippen LogP contribution in [0.3, 0.4) is 0 Å². The minimum absolute atomic E-state index is 0.237. The molecule has 0 saturated carbocycles. The summed E-state index contributed by atoms with van der Waals surface area (Å²) >= 11 is 3.43. The number of carbonyl (C=O) groups is 2. The number of rotatable bonds is 6. The first kappa shape index (κ1) is 18.2. The summed E-state index contributed by atoms with van der Waals surface area (Å²) in [5, 5.41) is 2.65. The van der Waals surface area contributed by atoms with Crippen LogP contribution in [0, 0.1) is 0 Å². The zero-order valence-electron chi connectivity index (χ0n) is 14.4. The molecule has 1 aliphatic heterocycles. The molecule has 1 saturated heterocycles. The van der Waals surface area contributed by atoms with Gasteiger partial charge in [0.1, 0.15) is 11.4 Å². The number of benzene rings is 2. The third-order valence-corrected chi connectivity index (χ3v) is 4.37. The summed E-state index contributed by atoms with van der Waals surface area (Å²) in [7, 11) is 0. The minimum atomic E-state index is -0.420. The molecule has 0 atom stereocenters. The third kappa shape index (κ3) is 4.14. The molecule has 1 fully saturated rings. The Morgan fingerprint density at radius 1 is 1.15 bits per heavy atom. The van der Waals surface area contributed by atoms with E-state index in [0.29, 0.717) is 12.4 Å². The van der Waals surface area contributed by atoms with Crippen LogP contribution in [0.1, 0.15) is 24.5 Å². The lowest BCUT2D eigenvalue weighted by Gasteiger charge is -2.11. The van der Waals surface area contributed by atoms with Crippen LogP contribution in [0.25, 0.3) is 6.08 Å². The fraction of sp³-hybridized carbons (Fsp3) is 0.200. The van der Waals surface area contributed by atoms with Crippen molar-refractivity contribution >= 4 is 33.9 Å². The van der Waals surface area contributed by atoms with Crippen molar-refractivity contribution in [2.24, 2.45) is 0 Å². The first-order valence-electron chi connectivity index (χ1n) is 8.39. The summed E-state index contributed by atoms with van der Waals surface area (Å²) in [4.78, 5) is 26.1. The number of hydrogen-bond acceptors (Lipinski definition) is 3. The van der Waals surface area contributed by atoms with Crippen molar-refractivity contribution in [2.75, 3.05) is 6.61 Å². The van der Waals surface area contributed by atoms with Crippen LogP contribution in [-0.2, 0) is 11.3 Å². The first-order valence-corrected chi connectivity index (χ1v) is 9.18. The van der Waals surface area contributed by atoms with Gasteiger partial charge < -0.3 is 10.1 Å². The maximum atomic E-state index is 12.7. The van der Waals surface area contributed by atoms with Crippen LogP contribution < -0.4 is 10.1 Å². The molecule has 5 nitrogen and oxygen atoms in total. The van der Waals surface area contributed by atoms with E-state index in [4.69, 9.17) is 4.74 Å². The second-order valence-electron chi connectivity index (χ2n) is 5.90. The van der Waals surface area contributed by atoms with E-state index in [0.717, 1.165) is 22.0 Å². The largest absolute Gasteiger partial charge is 0.493 e. The fourth-order valence-corrected chi connectivity index (χ4v) is 2.99. The van der Waals surface area contributed by atoms with Crippen molar-refractivity contribution in [1.82, 2.24) is 10.2 Å². The summed E-state index contributed by atoms with van der Waals surface area (Å²) in [6.07, 6.45) is 2.54. The number of carbonyl (C=O) groups excluding carboxylic acids is 2. The van der Waals surface area contributed by atoms with E-state index in [2.05, 4.69) is 21.2 Å². The Balaban J connectivity index is 1.85. The van der Waals surface area contributed by atoms with E-state index in [1.54, 1.807) is 6.08 Å². The smallest absolute Gasteiger partial charge is 0.329 e. The summed E-state index contributed by atoms with van der Waals surface area (Å²) in [5.74, 6) is 0.325. The number of urea groups is 1. The molecule has 134 valence electrons. The second-order valence-corrected chi connectivity index (χ2v) is 6.81. The van der Waals surface area contributed by atoms with Gasteiger partial charge in [0.15, 0.2) is 0 Å². The number of halogens is 1. The van der Waals surface area contributed by atoms with Gasteiger partial charge >= 0.3 is 6.03 Å². The molecule has 6 heteroatoms. The molecule has 1 heterocycles. The van der Waals surface area contributed by atoms with Gasteiger partial charge in [-0.05, 0) is 36.3 Å². The fourth-order valence-electron chi connectivity index (χ4n) is 2.61. The molecule has 1 aliphatic rings. The number of nitrogens with one attached hydrogen (secondary N) is 1. The Morgan fingerprint density at radius 2 is 1.92 bits per heavy atom. The highest BCUT2D eigenvalue weighted by Gasteiger charge is 2.33. The molecule has 0 unspecified atom stereocenters. The summed E-state index contributed by atoms with van der Waals surface area (Å²) < 4.78 is 6.60. The van der Waals surface area contributed by atoms with Crippen molar-refractivity contribution in [1.29, 1.82) is 0 Å². The van der Waals surface area contributed by atoms with Gasteiger partial charge in [0.05, 0.1) is 13.2 Å². The van der Waals surface area contributed by atoms with Gasteiger partial charge in [-0.3, -0.25) is 9.69 Å². The van der Waals surface area contributed by atoms with Crippen LogP contribution in [0.15, 0.2) is 58.7 Å². The highest BCUT2D eigenvalue weighted by Crippen LogP contribution is 2.27. The zero-order valence-corrected chi connectivity index (χ0v) is 16.0. The second kappa shape index (κ2) is 8.19. The van der Waals surface area contributed by atoms with E-state index in [9.17, 15) is 9.59 Å². The number of amides is 3. The number of hydrogen-bond donors (Lipinski definition) is 1. The normalized spacial score (nSPS) is 15.5. The highest BCUT2D eigenvalue weighted by molar-refractivity contribution is 9.10. The highest BCUT2D eigenvalue weighted by atomic mass is 79.9. The van der Waals surface area contributed by atoms with Gasteiger partial charge in [0.25, 0.3) is 5.91 Å². The van der Waals surface area contributed by atoms with Crippen molar-refractivity contribution in [3.63, 3.8) is 0 Å². The lowest BCUT2D eigenvalue weighted by molar-refractivity contribution is -0.123. The van der Waals surface area contributed by atoms with E-state index in [1.807, 2.05) is 55.5 Å². The maximum absolute atomic E-state index is 12.7. The number of nitrogens with zero attached hydrogens (tertiary/aromatic N) is 1. The molecule has 3 amide bonds. The lowest BCUT2D eigenvalue weighted by Crippen LogP contribution is -2.30. The Morgan fingerprint density at radius 3 is 2.65 bits per heavy atom. The van der Waals surface area contributed by atoms with Crippen molar-refractivity contribution < 1.29 is 14.3 Å². The topological polar surface area (TPSA) is 58.6 Å². The SMILES string of the molecule is CCCOc1ccc(Br)cc1/C=C1/NC(=O)N(Cc2ccccc2)C1=O. The van der Waals surface area contributed by atoms with Crippen molar-refractivity contribution in [3.8, 4) is 5.75 Å². The van der Waals surface area contributed by atoms with Gasteiger partial charge in [-0.15, -0.1) is 0 Å². The van der Waals surface area contributed by atoms with E-state index < -0.39 is 6.03 Å². The maximum Gasteiger partial charge on any atom is 0.329 e. The molecule has 26 heavy (non-hydrogen) atoms. The Kier molecular flexibility index (Phi) is 5.73. The van der Waals surface area contributed by atoms with Crippen LogP contribution in [0.2, 0.25) is 0 Å². The standard InChI is InChI=1S/C20H19BrN2O3/c1-2-10-26-18-9-8-16(21)11-15(18)12-17-19(24)23(20(25)22-17)13-14-6-4-3-5-7-14/h3-9,11-12H,2,10,13H2,1H3,(H,22,25)/b17-12+. The molecule has 2 aromatic rings. The van der Waals surface area contributed by atoms with Crippen LogP contribution in [0.4, 0.5) is 4.79 Å². The summed E-state index contributed by atoms with van der Waals surface area (Å²) in [6, 6.07) is 14.6. The van der Waals surface area contributed by atoms with E-state index >= 15 is 0 Å². The summed E-state index contributed by atoms with van der Waals surface area (Å²) in [6.45, 7) is 2.85. The van der Waals surface area contributed by atoms with Gasteiger partial charge in [0.2, 0.25) is 0 Å². The predicted octanol–water partition coefficient (Wildman–Crippen LogP) is 4.33. The molecule has 1 N–H and O–H groups in total. The van der Waals surface area contributed by atoms with Crippen molar-refractivity contribution in [3.05, 3.63) is 69.8 Å². The molecule has 2 aromatic carbocycles. The van der Waals surface area contributed by atoms with Gasteiger partial charge in [0, 0.05) is 10.0 Å². The molecule has 0 aromatic heterocycles. The van der Waals surface area contributed by atoms with Crippen LogP contribution >= 0.6 is 15.9 Å². The van der Waals surface area contributed by atoms with E-state index in [1.165, 1.54) is 4.90 Å². The molecule has 0 radical (unpaired) electrons. The van der Waals surface area contributed by atoms with Crippen molar-refractivity contribution in [2.45, 2.75) is 19.9 Å². The molecule has 3 rings (SSSR count). The third-order valence-electron chi connectivity index (χ3n) is 3.88. The van der Waals surface area contributed by atoms with Crippen LogP contribution in [-0.4, -0.2) is 23.4 Å². The Hall–Kier alpha value is -2.60. The number of imide groups is 1. The molecular weight excluding hydrogens is 396 g/mol. The first-order chi connectivity index (χ1) is 12.6. The molecule has 0 spiro atoms. The monoisotopic (exact) mass is 414 g/mol. The number of ether oxygens (including phenoxy) is 1. The zero-order chi connectivity index (χ0) is 18.5. The molecule has 0 bridgehead atoms. The lowest BCUT2D eigenvalue weighted by atomic mass is 10.1. The Labute approximate surface area is 160 Å². The molecule has 0 aliphatic carbocycles. The van der Waals surface area contributed by atoms with E-state index in [-0.39, 0.29) is 18.1 Å². The Bertz CT molecular complexity index is 849. The van der Waals surface area contributed by atoms with Crippen LogP contribution in [0.5, 0.6) is 5.75 Å². The van der Waals surface area contributed by atoms with Gasteiger partial charge in [-0.2, -0.15) is 0 Å². The minimum Gasteiger partial charge on any atom is -0.493 e. The molecular formula is C20H19BrN2O3. The predicted molar refractivity (Wildman–Crippen MR) is 103 cm³/mol. The quantitative estimate of drug-likeness (QED) is 0.565. The van der Waals surface area contributed by atoms with Gasteiger partial charge in [-0.1, -0.05) is 53.2 Å². The average molecular weight is 415 g/mol. The summed E-state index contributed by atoms with van der Waals surface area (Å²) in [5.41, 5.74) is 1.87.